The molecular weight excluding hydrogens is 212 g/mol. The van der Waals surface area contributed by atoms with Gasteiger partial charge in [-0.2, -0.15) is 0 Å². The molecule has 0 spiro atoms. The molecule has 0 radical (unpaired) electrons. The van der Waals surface area contributed by atoms with Gasteiger partial charge in [-0.3, -0.25) is 0 Å². The summed E-state index contributed by atoms with van der Waals surface area (Å²) in [5, 5.41) is 5.93. The second kappa shape index (κ2) is 5.21. The zero-order valence-corrected chi connectivity index (χ0v) is 10.5. The normalized spacial score (nSPS) is 17.9. The summed E-state index contributed by atoms with van der Waals surface area (Å²) in [4.78, 5) is 11.7. The van der Waals surface area contributed by atoms with E-state index in [0.29, 0.717) is 5.92 Å². The van der Waals surface area contributed by atoms with Crippen molar-refractivity contribution in [2.24, 2.45) is 5.92 Å². The molecule has 17 heavy (non-hydrogen) atoms. The maximum absolute atomic E-state index is 11.7. The molecule has 0 aromatic heterocycles. The van der Waals surface area contributed by atoms with Gasteiger partial charge < -0.3 is 10.6 Å². The Bertz CT molecular complexity index is 401. The van der Waals surface area contributed by atoms with Crippen molar-refractivity contribution in [2.75, 3.05) is 6.54 Å². The second-order valence-electron chi connectivity index (χ2n) is 5.04. The summed E-state index contributed by atoms with van der Waals surface area (Å²) in [6, 6.07) is 8.46. The van der Waals surface area contributed by atoms with Crippen LogP contribution in [0, 0.1) is 5.92 Å². The van der Waals surface area contributed by atoms with Crippen LogP contribution in [0.15, 0.2) is 24.3 Å². The molecule has 0 saturated carbocycles. The first-order chi connectivity index (χ1) is 8.16. The molecule has 1 aliphatic carbocycles. The Balaban J connectivity index is 1.91. The van der Waals surface area contributed by atoms with Crippen LogP contribution in [0.4, 0.5) is 4.79 Å². The van der Waals surface area contributed by atoms with Crippen molar-refractivity contribution in [1.29, 1.82) is 0 Å². The number of hydrogen-bond donors (Lipinski definition) is 2. The van der Waals surface area contributed by atoms with Gasteiger partial charge in [0.1, 0.15) is 0 Å². The van der Waals surface area contributed by atoms with Gasteiger partial charge >= 0.3 is 6.03 Å². The van der Waals surface area contributed by atoms with Crippen LogP contribution in [-0.2, 0) is 6.42 Å². The molecule has 2 rings (SSSR count). The Kier molecular flexibility index (Phi) is 3.67. The largest absolute Gasteiger partial charge is 0.338 e. The second-order valence-corrected chi connectivity index (χ2v) is 5.04. The number of urea groups is 1. The average molecular weight is 232 g/mol. The highest BCUT2D eigenvalue weighted by atomic mass is 16.2. The average Bonchev–Trinajstić information content (AvgIpc) is 2.70. The quantitative estimate of drug-likeness (QED) is 0.826. The van der Waals surface area contributed by atoms with Crippen LogP contribution in [0.3, 0.4) is 0 Å². The fraction of sp³-hybridized carbons (Fsp3) is 0.500. The monoisotopic (exact) mass is 232 g/mol. The van der Waals surface area contributed by atoms with Crippen LogP contribution >= 0.6 is 0 Å². The van der Waals surface area contributed by atoms with E-state index in [1.165, 1.54) is 11.1 Å². The van der Waals surface area contributed by atoms with Crippen LogP contribution in [0.2, 0.25) is 0 Å². The van der Waals surface area contributed by atoms with E-state index in [4.69, 9.17) is 0 Å². The van der Waals surface area contributed by atoms with Crippen molar-refractivity contribution < 1.29 is 4.79 Å². The van der Waals surface area contributed by atoms with Crippen molar-refractivity contribution in [3.63, 3.8) is 0 Å². The number of rotatable bonds is 3. The molecule has 3 nitrogen and oxygen atoms in total. The highest BCUT2D eigenvalue weighted by Gasteiger charge is 2.23. The summed E-state index contributed by atoms with van der Waals surface area (Å²) in [6.07, 6.45) is 2.07. The first-order valence-electron chi connectivity index (χ1n) is 6.29. The van der Waals surface area contributed by atoms with E-state index in [2.05, 4.69) is 42.7 Å². The number of hydrogen-bond acceptors (Lipinski definition) is 1. The molecule has 1 atom stereocenters. The Morgan fingerprint density at radius 2 is 2.18 bits per heavy atom. The van der Waals surface area contributed by atoms with Gasteiger partial charge in [-0.15, -0.1) is 0 Å². The molecule has 92 valence electrons. The Morgan fingerprint density at radius 1 is 1.41 bits per heavy atom. The van der Waals surface area contributed by atoms with Crippen molar-refractivity contribution in [1.82, 2.24) is 10.6 Å². The smallest absolute Gasteiger partial charge is 0.315 e. The van der Waals surface area contributed by atoms with Gasteiger partial charge in [0, 0.05) is 6.54 Å². The standard InChI is InChI=1S/C14H20N2O/c1-10(2)9-15-14(17)16-13-8-7-11-5-3-4-6-12(11)13/h3-6,10,13H,7-9H2,1-2H3,(H2,15,16,17)/t13-/m0/s1. The van der Waals surface area contributed by atoms with Gasteiger partial charge in [0.05, 0.1) is 6.04 Å². The van der Waals surface area contributed by atoms with E-state index in [9.17, 15) is 4.79 Å². The molecule has 0 fully saturated rings. The zero-order valence-electron chi connectivity index (χ0n) is 10.5. The summed E-state index contributed by atoms with van der Waals surface area (Å²) < 4.78 is 0. The summed E-state index contributed by atoms with van der Waals surface area (Å²) in [6.45, 7) is 4.90. The van der Waals surface area contributed by atoms with E-state index in [-0.39, 0.29) is 12.1 Å². The lowest BCUT2D eigenvalue weighted by molar-refractivity contribution is 0.235. The Labute approximate surface area is 103 Å². The highest BCUT2D eigenvalue weighted by Crippen LogP contribution is 2.30. The van der Waals surface area contributed by atoms with E-state index in [0.717, 1.165) is 19.4 Å². The molecular formula is C14H20N2O. The minimum absolute atomic E-state index is 0.0552. The molecule has 1 aromatic rings. The number of amides is 2. The summed E-state index contributed by atoms with van der Waals surface area (Å²) in [5.41, 5.74) is 2.63. The van der Waals surface area contributed by atoms with Crippen molar-refractivity contribution >= 4 is 6.03 Å². The van der Waals surface area contributed by atoms with Crippen LogP contribution in [0.5, 0.6) is 0 Å². The van der Waals surface area contributed by atoms with E-state index >= 15 is 0 Å². The van der Waals surface area contributed by atoms with Gasteiger partial charge in [-0.25, -0.2) is 4.79 Å². The van der Waals surface area contributed by atoms with Crippen LogP contribution in [-0.4, -0.2) is 12.6 Å². The summed E-state index contributed by atoms with van der Waals surface area (Å²) in [7, 11) is 0. The minimum atomic E-state index is -0.0552. The van der Waals surface area contributed by atoms with Crippen LogP contribution in [0.1, 0.15) is 37.4 Å². The zero-order chi connectivity index (χ0) is 12.3. The van der Waals surface area contributed by atoms with Gasteiger partial charge in [0.15, 0.2) is 0 Å². The Morgan fingerprint density at radius 3 is 2.94 bits per heavy atom. The molecule has 2 amide bonds. The maximum Gasteiger partial charge on any atom is 0.315 e. The van der Waals surface area contributed by atoms with Gasteiger partial charge in [0.25, 0.3) is 0 Å². The van der Waals surface area contributed by atoms with Gasteiger partial charge in [-0.1, -0.05) is 38.1 Å². The number of benzene rings is 1. The number of carbonyl (C=O) groups is 1. The highest BCUT2D eigenvalue weighted by molar-refractivity contribution is 5.74. The molecule has 3 heteroatoms. The fourth-order valence-corrected chi connectivity index (χ4v) is 2.21. The van der Waals surface area contributed by atoms with Crippen LogP contribution < -0.4 is 10.6 Å². The third-order valence-corrected chi connectivity index (χ3v) is 3.11. The Hall–Kier alpha value is -1.51. The SMILES string of the molecule is CC(C)CNC(=O)N[C@H]1CCc2ccccc21. The fourth-order valence-electron chi connectivity index (χ4n) is 2.21. The van der Waals surface area contributed by atoms with E-state index in [1.807, 2.05) is 6.07 Å². The lowest BCUT2D eigenvalue weighted by atomic mass is 10.1. The van der Waals surface area contributed by atoms with Crippen molar-refractivity contribution in [2.45, 2.75) is 32.7 Å². The third-order valence-electron chi connectivity index (χ3n) is 3.11. The molecule has 0 saturated heterocycles. The topological polar surface area (TPSA) is 41.1 Å². The first-order valence-corrected chi connectivity index (χ1v) is 6.29. The summed E-state index contributed by atoms with van der Waals surface area (Å²) >= 11 is 0. The van der Waals surface area contributed by atoms with E-state index in [1.54, 1.807) is 0 Å². The van der Waals surface area contributed by atoms with Gasteiger partial charge in [-0.05, 0) is 29.9 Å². The first kappa shape index (κ1) is 12.0. The molecule has 0 heterocycles. The predicted octanol–water partition coefficient (Wildman–Crippen LogP) is 2.63. The molecule has 1 aliphatic rings. The van der Waals surface area contributed by atoms with Crippen molar-refractivity contribution in [3.8, 4) is 0 Å². The molecule has 2 N–H and O–H groups in total. The number of carbonyl (C=O) groups excluding carboxylic acids is 1. The maximum atomic E-state index is 11.7. The molecule has 0 aliphatic heterocycles. The predicted molar refractivity (Wildman–Crippen MR) is 68.9 cm³/mol. The summed E-state index contributed by atoms with van der Waals surface area (Å²) in [5.74, 6) is 0.483. The molecule has 0 unspecified atom stereocenters. The molecule has 1 aromatic carbocycles. The minimum Gasteiger partial charge on any atom is -0.338 e. The van der Waals surface area contributed by atoms with Gasteiger partial charge in [0.2, 0.25) is 0 Å². The van der Waals surface area contributed by atoms with Crippen LogP contribution in [0.25, 0.3) is 0 Å². The number of fused-ring (bicyclic) bond motifs is 1. The van der Waals surface area contributed by atoms with Crippen molar-refractivity contribution in [3.05, 3.63) is 35.4 Å². The number of nitrogens with one attached hydrogen (secondary N) is 2. The number of aryl methyl sites for hydroxylation is 1. The lowest BCUT2D eigenvalue weighted by Gasteiger charge is -2.15. The lowest BCUT2D eigenvalue weighted by Crippen LogP contribution is -2.38. The van der Waals surface area contributed by atoms with E-state index < -0.39 is 0 Å². The third kappa shape index (κ3) is 2.99. The molecule has 0 bridgehead atoms.